The van der Waals surface area contributed by atoms with E-state index in [1.165, 1.54) is 0 Å². The van der Waals surface area contributed by atoms with Crippen molar-refractivity contribution in [2.24, 2.45) is 0 Å². The number of imidazole rings is 1. The van der Waals surface area contributed by atoms with E-state index in [9.17, 15) is 4.79 Å². The molecule has 5 heteroatoms. The number of H-pyrrole nitrogens is 1. The molecule has 0 aliphatic heterocycles. The van der Waals surface area contributed by atoms with Crippen molar-refractivity contribution in [3.05, 3.63) is 54.5 Å². The lowest BCUT2D eigenvalue weighted by Crippen LogP contribution is -2.11. The third kappa shape index (κ3) is 1.93. The monoisotopic (exact) mass is 238 g/mol. The van der Waals surface area contributed by atoms with Crippen molar-refractivity contribution < 1.29 is 4.79 Å². The first kappa shape index (κ1) is 10.5. The maximum atomic E-state index is 11.9. The number of hydrogen-bond acceptors (Lipinski definition) is 3. The van der Waals surface area contributed by atoms with Crippen LogP contribution in [0.15, 0.2) is 48.9 Å². The molecule has 2 heterocycles. The van der Waals surface area contributed by atoms with Crippen molar-refractivity contribution in [3.63, 3.8) is 0 Å². The summed E-state index contributed by atoms with van der Waals surface area (Å²) >= 11 is 0. The summed E-state index contributed by atoms with van der Waals surface area (Å²) in [4.78, 5) is 23.0. The van der Waals surface area contributed by atoms with Crippen molar-refractivity contribution >= 4 is 22.8 Å². The maximum Gasteiger partial charge on any atom is 0.255 e. The Morgan fingerprint density at radius 1 is 1.17 bits per heavy atom. The fourth-order valence-electron chi connectivity index (χ4n) is 1.69. The molecule has 0 bridgehead atoms. The number of benzene rings is 1. The molecule has 88 valence electrons. The number of hydrogen-bond donors (Lipinski definition) is 2. The molecule has 1 amide bonds. The predicted molar refractivity (Wildman–Crippen MR) is 68.3 cm³/mol. The number of aromatic amines is 1. The average molecular weight is 238 g/mol. The second-order valence-electron chi connectivity index (χ2n) is 3.82. The van der Waals surface area contributed by atoms with Gasteiger partial charge in [-0.25, -0.2) is 9.97 Å². The number of carbonyl (C=O) groups excluding carboxylic acids is 1. The SMILES string of the molecule is O=C(Nc1cnc2nc[nH]c2c1)c1ccccc1. The largest absolute Gasteiger partial charge is 0.343 e. The second kappa shape index (κ2) is 4.29. The van der Waals surface area contributed by atoms with Crippen LogP contribution < -0.4 is 5.32 Å². The van der Waals surface area contributed by atoms with E-state index in [0.717, 1.165) is 5.52 Å². The maximum absolute atomic E-state index is 11.9. The van der Waals surface area contributed by atoms with Crippen LogP contribution in [-0.4, -0.2) is 20.9 Å². The van der Waals surface area contributed by atoms with Gasteiger partial charge in [-0.2, -0.15) is 0 Å². The van der Waals surface area contributed by atoms with E-state index >= 15 is 0 Å². The number of aromatic nitrogens is 3. The summed E-state index contributed by atoms with van der Waals surface area (Å²) in [5.74, 6) is -0.156. The second-order valence-corrected chi connectivity index (χ2v) is 3.82. The predicted octanol–water partition coefficient (Wildman–Crippen LogP) is 2.21. The average Bonchev–Trinajstić information content (AvgIpc) is 2.87. The van der Waals surface area contributed by atoms with Crippen LogP contribution in [0.25, 0.3) is 11.2 Å². The molecule has 0 radical (unpaired) electrons. The third-order valence-electron chi connectivity index (χ3n) is 2.57. The van der Waals surface area contributed by atoms with E-state index in [4.69, 9.17) is 0 Å². The Morgan fingerprint density at radius 3 is 2.83 bits per heavy atom. The van der Waals surface area contributed by atoms with E-state index in [0.29, 0.717) is 16.9 Å². The molecule has 5 nitrogen and oxygen atoms in total. The topological polar surface area (TPSA) is 70.7 Å². The van der Waals surface area contributed by atoms with Gasteiger partial charge in [-0.05, 0) is 18.2 Å². The molecule has 1 aromatic carbocycles. The number of rotatable bonds is 2. The van der Waals surface area contributed by atoms with Crippen molar-refractivity contribution in [1.82, 2.24) is 15.0 Å². The number of fused-ring (bicyclic) bond motifs is 1. The molecule has 2 aromatic heterocycles. The molecule has 0 saturated carbocycles. The van der Waals surface area contributed by atoms with Crippen molar-refractivity contribution in [2.75, 3.05) is 5.32 Å². The highest BCUT2D eigenvalue weighted by atomic mass is 16.1. The first-order valence-electron chi connectivity index (χ1n) is 5.48. The van der Waals surface area contributed by atoms with E-state index in [1.54, 1.807) is 30.7 Å². The minimum Gasteiger partial charge on any atom is -0.343 e. The molecule has 0 saturated heterocycles. The molecule has 0 spiro atoms. The van der Waals surface area contributed by atoms with Crippen molar-refractivity contribution in [2.45, 2.75) is 0 Å². The summed E-state index contributed by atoms with van der Waals surface area (Å²) in [7, 11) is 0. The number of amides is 1. The lowest BCUT2D eigenvalue weighted by molar-refractivity contribution is 0.102. The first-order valence-corrected chi connectivity index (χ1v) is 5.48. The summed E-state index contributed by atoms with van der Waals surface area (Å²) in [6.07, 6.45) is 3.16. The van der Waals surface area contributed by atoms with Crippen LogP contribution in [-0.2, 0) is 0 Å². The molecule has 0 aliphatic rings. The zero-order valence-electron chi connectivity index (χ0n) is 9.42. The van der Waals surface area contributed by atoms with Gasteiger partial charge in [0.25, 0.3) is 5.91 Å². The summed E-state index contributed by atoms with van der Waals surface area (Å²) < 4.78 is 0. The van der Waals surface area contributed by atoms with Gasteiger partial charge in [0.15, 0.2) is 5.65 Å². The van der Waals surface area contributed by atoms with Crippen molar-refractivity contribution in [3.8, 4) is 0 Å². The third-order valence-corrected chi connectivity index (χ3v) is 2.57. The normalized spacial score (nSPS) is 10.4. The molecule has 3 aromatic rings. The van der Waals surface area contributed by atoms with Crippen LogP contribution in [0.5, 0.6) is 0 Å². The lowest BCUT2D eigenvalue weighted by atomic mass is 10.2. The minimum absolute atomic E-state index is 0.156. The Balaban J connectivity index is 1.86. The zero-order chi connectivity index (χ0) is 12.4. The fraction of sp³-hybridized carbons (Fsp3) is 0. The van der Waals surface area contributed by atoms with Gasteiger partial charge in [-0.15, -0.1) is 0 Å². The van der Waals surface area contributed by atoms with Crippen LogP contribution in [0.2, 0.25) is 0 Å². The highest BCUT2D eigenvalue weighted by Crippen LogP contribution is 2.13. The quantitative estimate of drug-likeness (QED) is 0.719. The standard InChI is InChI=1S/C13H10N4O/c18-13(9-4-2-1-3-5-9)17-10-6-11-12(14-7-10)16-8-15-11/h1-8H,(H,17,18)(H,14,15,16). The van der Waals surface area contributed by atoms with Gasteiger partial charge < -0.3 is 10.3 Å². The number of anilines is 1. The van der Waals surface area contributed by atoms with Crippen molar-refractivity contribution in [1.29, 1.82) is 0 Å². The minimum atomic E-state index is -0.156. The van der Waals surface area contributed by atoms with Crippen LogP contribution in [0.1, 0.15) is 10.4 Å². The van der Waals surface area contributed by atoms with Gasteiger partial charge in [-0.1, -0.05) is 18.2 Å². The molecule has 0 atom stereocenters. The highest BCUT2D eigenvalue weighted by Gasteiger charge is 2.06. The number of nitrogens with one attached hydrogen (secondary N) is 2. The van der Waals surface area contributed by atoms with Gasteiger partial charge in [0, 0.05) is 5.56 Å². The van der Waals surface area contributed by atoms with Crippen LogP contribution >= 0.6 is 0 Å². The highest BCUT2D eigenvalue weighted by molar-refractivity contribution is 6.04. The van der Waals surface area contributed by atoms with Gasteiger partial charge >= 0.3 is 0 Å². The van der Waals surface area contributed by atoms with Crippen LogP contribution in [0.4, 0.5) is 5.69 Å². The summed E-state index contributed by atoms with van der Waals surface area (Å²) in [5.41, 5.74) is 2.68. The summed E-state index contributed by atoms with van der Waals surface area (Å²) in [6.45, 7) is 0. The Hall–Kier alpha value is -2.69. The van der Waals surface area contributed by atoms with Gasteiger partial charge in [-0.3, -0.25) is 4.79 Å². The molecule has 0 aliphatic carbocycles. The Morgan fingerprint density at radius 2 is 2.00 bits per heavy atom. The number of pyridine rings is 1. The van der Waals surface area contributed by atoms with Gasteiger partial charge in [0.1, 0.15) is 0 Å². The molecule has 18 heavy (non-hydrogen) atoms. The van der Waals surface area contributed by atoms with Crippen LogP contribution in [0.3, 0.4) is 0 Å². The van der Waals surface area contributed by atoms with E-state index < -0.39 is 0 Å². The molecule has 0 fully saturated rings. The van der Waals surface area contributed by atoms with Gasteiger partial charge in [0.05, 0.1) is 23.7 Å². The summed E-state index contributed by atoms with van der Waals surface area (Å²) in [5, 5.41) is 2.79. The molecule has 2 N–H and O–H groups in total. The lowest BCUT2D eigenvalue weighted by Gasteiger charge is -2.04. The Labute approximate surface area is 103 Å². The zero-order valence-corrected chi connectivity index (χ0v) is 9.42. The Bertz CT molecular complexity index is 690. The van der Waals surface area contributed by atoms with Crippen LogP contribution in [0, 0.1) is 0 Å². The molecule has 0 unspecified atom stereocenters. The summed E-state index contributed by atoms with van der Waals surface area (Å²) in [6, 6.07) is 10.8. The fourth-order valence-corrected chi connectivity index (χ4v) is 1.69. The molecule has 3 rings (SSSR count). The number of carbonyl (C=O) groups is 1. The van der Waals surface area contributed by atoms with Gasteiger partial charge in [0.2, 0.25) is 0 Å². The molecular weight excluding hydrogens is 228 g/mol. The van der Waals surface area contributed by atoms with E-state index in [1.807, 2.05) is 18.2 Å². The van der Waals surface area contributed by atoms with E-state index in [2.05, 4.69) is 20.3 Å². The smallest absolute Gasteiger partial charge is 0.255 e. The Kier molecular flexibility index (Phi) is 2.49. The van der Waals surface area contributed by atoms with E-state index in [-0.39, 0.29) is 5.91 Å². The number of nitrogens with zero attached hydrogens (tertiary/aromatic N) is 2. The first-order chi connectivity index (χ1) is 8.83. The molecular formula is C13H10N4O.